The van der Waals surface area contributed by atoms with Crippen molar-refractivity contribution in [1.29, 1.82) is 0 Å². The molecule has 2 N–H and O–H groups in total. The Morgan fingerprint density at radius 2 is 2.00 bits per heavy atom. The Labute approximate surface area is 107 Å². The lowest BCUT2D eigenvalue weighted by Gasteiger charge is -2.35. The normalized spacial score (nSPS) is 12.1. The molecular weight excluding hydrogens is 264 g/mol. The molecule has 1 aromatic rings. The number of hydrogen-bond acceptors (Lipinski definition) is 2. The summed E-state index contributed by atoms with van der Waals surface area (Å²) in [5, 5.41) is 0. The molecule has 0 radical (unpaired) electrons. The minimum atomic E-state index is 0.212. The second-order valence-electron chi connectivity index (χ2n) is 4.87. The van der Waals surface area contributed by atoms with Crippen molar-refractivity contribution >= 4 is 21.6 Å². The highest BCUT2D eigenvalue weighted by Crippen LogP contribution is 2.24. The van der Waals surface area contributed by atoms with E-state index in [1.165, 1.54) is 5.56 Å². The van der Waals surface area contributed by atoms with Gasteiger partial charge < -0.3 is 5.73 Å². The summed E-state index contributed by atoms with van der Waals surface area (Å²) < 4.78 is 1.13. The van der Waals surface area contributed by atoms with Crippen LogP contribution in [-0.4, -0.2) is 17.5 Å². The summed E-state index contributed by atoms with van der Waals surface area (Å²) in [5.41, 5.74) is 8.08. The van der Waals surface area contributed by atoms with Gasteiger partial charge in [-0.1, -0.05) is 22.9 Å². The number of nitrogens with two attached hydrogens (primary N) is 1. The third kappa shape index (κ3) is 3.22. The van der Waals surface area contributed by atoms with Gasteiger partial charge in [0.05, 0.1) is 0 Å². The maximum atomic E-state index is 5.81. The molecule has 0 heterocycles. The third-order valence-corrected chi connectivity index (χ3v) is 4.15. The van der Waals surface area contributed by atoms with Gasteiger partial charge >= 0.3 is 0 Å². The minimum Gasteiger partial charge on any atom is -0.399 e. The maximum absolute atomic E-state index is 5.81. The van der Waals surface area contributed by atoms with Crippen LogP contribution < -0.4 is 5.73 Å². The van der Waals surface area contributed by atoms with E-state index in [-0.39, 0.29) is 5.54 Å². The quantitative estimate of drug-likeness (QED) is 0.856. The van der Waals surface area contributed by atoms with Crippen molar-refractivity contribution in [2.45, 2.75) is 39.3 Å². The first-order chi connectivity index (χ1) is 7.36. The molecule has 1 rings (SSSR count). The SMILES string of the molecule is CCC(C)(C)N(C)Cc1cc(N)ccc1Br. The van der Waals surface area contributed by atoms with Crippen molar-refractivity contribution in [3.05, 3.63) is 28.2 Å². The number of nitrogens with zero attached hydrogens (tertiary/aromatic N) is 1. The van der Waals surface area contributed by atoms with Crippen LogP contribution in [0.5, 0.6) is 0 Å². The Bertz CT molecular complexity index is 361. The molecule has 0 saturated heterocycles. The van der Waals surface area contributed by atoms with Gasteiger partial charge in [0.2, 0.25) is 0 Å². The van der Waals surface area contributed by atoms with Crippen LogP contribution in [0.1, 0.15) is 32.8 Å². The van der Waals surface area contributed by atoms with E-state index in [4.69, 9.17) is 5.73 Å². The Morgan fingerprint density at radius 3 is 2.56 bits per heavy atom. The molecule has 0 spiro atoms. The lowest BCUT2D eigenvalue weighted by atomic mass is 9.99. The molecule has 0 aromatic heterocycles. The van der Waals surface area contributed by atoms with E-state index < -0.39 is 0 Å². The molecule has 0 saturated carbocycles. The fourth-order valence-corrected chi connectivity index (χ4v) is 1.83. The van der Waals surface area contributed by atoms with Crippen molar-refractivity contribution < 1.29 is 0 Å². The van der Waals surface area contributed by atoms with Crippen molar-refractivity contribution in [2.24, 2.45) is 0 Å². The second-order valence-corrected chi connectivity index (χ2v) is 5.73. The van der Waals surface area contributed by atoms with E-state index in [2.05, 4.69) is 48.6 Å². The Balaban J connectivity index is 2.84. The smallest absolute Gasteiger partial charge is 0.0318 e. The highest BCUT2D eigenvalue weighted by molar-refractivity contribution is 9.10. The van der Waals surface area contributed by atoms with E-state index in [1.54, 1.807) is 0 Å². The maximum Gasteiger partial charge on any atom is 0.0318 e. The van der Waals surface area contributed by atoms with E-state index in [9.17, 15) is 0 Å². The van der Waals surface area contributed by atoms with Crippen LogP contribution in [0, 0.1) is 0 Å². The number of hydrogen-bond donors (Lipinski definition) is 1. The summed E-state index contributed by atoms with van der Waals surface area (Å²) in [7, 11) is 2.15. The number of halogens is 1. The highest BCUT2D eigenvalue weighted by atomic mass is 79.9. The molecule has 0 aliphatic heterocycles. The van der Waals surface area contributed by atoms with Crippen LogP contribution in [-0.2, 0) is 6.54 Å². The number of benzene rings is 1. The molecule has 0 fully saturated rings. The van der Waals surface area contributed by atoms with E-state index >= 15 is 0 Å². The van der Waals surface area contributed by atoms with Crippen molar-refractivity contribution in [1.82, 2.24) is 4.90 Å². The lowest BCUT2D eigenvalue weighted by Crippen LogP contribution is -2.39. The Hall–Kier alpha value is -0.540. The molecule has 0 aliphatic carbocycles. The summed E-state index contributed by atoms with van der Waals surface area (Å²) in [6.45, 7) is 7.64. The first-order valence-corrected chi connectivity index (χ1v) is 6.41. The molecule has 90 valence electrons. The van der Waals surface area contributed by atoms with Gasteiger partial charge in [0.1, 0.15) is 0 Å². The van der Waals surface area contributed by atoms with Crippen molar-refractivity contribution in [3.8, 4) is 0 Å². The fourth-order valence-electron chi connectivity index (χ4n) is 1.46. The second kappa shape index (κ2) is 5.19. The Kier molecular flexibility index (Phi) is 4.39. The largest absolute Gasteiger partial charge is 0.399 e. The predicted molar refractivity (Wildman–Crippen MR) is 74.4 cm³/mol. The van der Waals surface area contributed by atoms with Gasteiger partial charge in [-0.05, 0) is 51.1 Å². The third-order valence-electron chi connectivity index (χ3n) is 3.38. The molecule has 0 aliphatic rings. The number of nitrogen functional groups attached to an aromatic ring is 1. The molecule has 0 bridgehead atoms. The van der Waals surface area contributed by atoms with Gasteiger partial charge in [0, 0.05) is 22.2 Å². The first kappa shape index (κ1) is 13.5. The summed E-state index contributed by atoms with van der Waals surface area (Å²) in [5.74, 6) is 0. The standard InChI is InChI=1S/C13H21BrN2/c1-5-13(2,3)16(4)9-10-8-11(15)6-7-12(10)14/h6-8H,5,9,15H2,1-4H3. The van der Waals surface area contributed by atoms with Gasteiger partial charge in [-0.2, -0.15) is 0 Å². The number of anilines is 1. The van der Waals surface area contributed by atoms with E-state index in [0.717, 1.165) is 23.1 Å². The van der Waals surface area contributed by atoms with Gasteiger partial charge in [-0.15, -0.1) is 0 Å². The predicted octanol–water partition coefficient (Wildman–Crippen LogP) is 3.65. The zero-order chi connectivity index (χ0) is 12.3. The van der Waals surface area contributed by atoms with Gasteiger partial charge in [0.15, 0.2) is 0 Å². The summed E-state index contributed by atoms with van der Waals surface area (Å²) in [6, 6.07) is 5.96. The van der Waals surface area contributed by atoms with Crippen LogP contribution in [0.2, 0.25) is 0 Å². The molecule has 0 unspecified atom stereocenters. The van der Waals surface area contributed by atoms with Gasteiger partial charge in [-0.3, -0.25) is 4.90 Å². The van der Waals surface area contributed by atoms with Crippen LogP contribution in [0.3, 0.4) is 0 Å². The Morgan fingerprint density at radius 1 is 1.38 bits per heavy atom. The average Bonchev–Trinajstić information content (AvgIpc) is 2.23. The average molecular weight is 285 g/mol. The van der Waals surface area contributed by atoms with Crippen LogP contribution in [0.4, 0.5) is 5.69 Å². The van der Waals surface area contributed by atoms with E-state index in [0.29, 0.717) is 0 Å². The summed E-state index contributed by atoms with van der Waals surface area (Å²) in [6.07, 6.45) is 1.13. The van der Waals surface area contributed by atoms with E-state index in [1.807, 2.05) is 18.2 Å². The highest BCUT2D eigenvalue weighted by Gasteiger charge is 2.21. The number of rotatable bonds is 4. The van der Waals surface area contributed by atoms with Crippen LogP contribution in [0.15, 0.2) is 22.7 Å². The molecule has 0 amide bonds. The zero-order valence-corrected chi connectivity index (χ0v) is 12.1. The van der Waals surface area contributed by atoms with Crippen molar-refractivity contribution in [3.63, 3.8) is 0 Å². The molecule has 0 atom stereocenters. The molecule has 1 aromatic carbocycles. The zero-order valence-electron chi connectivity index (χ0n) is 10.5. The summed E-state index contributed by atoms with van der Waals surface area (Å²) >= 11 is 3.57. The first-order valence-electron chi connectivity index (χ1n) is 5.62. The van der Waals surface area contributed by atoms with Crippen LogP contribution >= 0.6 is 15.9 Å². The summed E-state index contributed by atoms with van der Waals surface area (Å²) in [4.78, 5) is 2.35. The minimum absolute atomic E-state index is 0.212. The van der Waals surface area contributed by atoms with Crippen molar-refractivity contribution in [2.75, 3.05) is 12.8 Å². The fraction of sp³-hybridized carbons (Fsp3) is 0.538. The molecule has 2 nitrogen and oxygen atoms in total. The lowest BCUT2D eigenvalue weighted by molar-refractivity contribution is 0.143. The molecule has 3 heteroatoms. The molecule has 16 heavy (non-hydrogen) atoms. The topological polar surface area (TPSA) is 29.3 Å². The van der Waals surface area contributed by atoms with Crippen LogP contribution in [0.25, 0.3) is 0 Å². The van der Waals surface area contributed by atoms with Gasteiger partial charge in [-0.25, -0.2) is 0 Å². The molecular formula is C13H21BrN2. The monoisotopic (exact) mass is 284 g/mol. The van der Waals surface area contributed by atoms with Gasteiger partial charge in [0.25, 0.3) is 0 Å².